The number of fused-ring (bicyclic) bond motifs is 1. The molecule has 0 aromatic heterocycles. The third kappa shape index (κ3) is 0.823. The normalized spacial score (nSPS) is 39.7. The van der Waals surface area contributed by atoms with Gasteiger partial charge in [-0.25, -0.2) is 0 Å². The molecule has 4 heteroatoms. The molecule has 0 bridgehead atoms. The number of ketones is 1. The van der Waals surface area contributed by atoms with Gasteiger partial charge < -0.3 is 9.64 Å². The standard InChI is InChI=1S/C10H15NO3/c1-5-6-7(14-4)9(13)11(6)10(2,3)8(5)12/h5-7H,1-4H3/t5-,6+,7-/m0/s1. The summed E-state index contributed by atoms with van der Waals surface area (Å²) in [6.45, 7) is 5.47. The van der Waals surface area contributed by atoms with Crippen LogP contribution in [0.2, 0.25) is 0 Å². The fraction of sp³-hybridized carbons (Fsp3) is 0.800. The second-order valence-corrected chi connectivity index (χ2v) is 4.57. The highest BCUT2D eigenvalue weighted by Gasteiger charge is 2.65. The molecule has 14 heavy (non-hydrogen) atoms. The number of β-lactam (4-membered cyclic amide) rings is 1. The number of amides is 1. The number of ether oxygens (including phenoxy) is 1. The van der Waals surface area contributed by atoms with Gasteiger partial charge in [-0.1, -0.05) is 6.92 Å². The molecule has 0 aromatic carbocycles. The minimum absolute atomic E-state index is 0.0463. The number of hydrogen-bond donors (Lipinski definition) is 0. The molecule has 3 atom stereocenters. The Kier molecular flexibility index (Phi) is 1.77. The van der Waals surface area contributed by atoms with Crippen molar-refractivity contribution >= 4 is 11.7 Å². The zero-order chi connectivity index (χ0) is 10.7. The van der Waals surface area contributed by atoms with Crippen molar-refractivity contribution in [2.45, 2.75) is 38.5 Å². The molecule has 2 aliphatic rings. The number of rotatable bonds is 1. The first-order valence-corrected chi connectivity index (χ1v) is 4.83. The van der Waals surface area contributed by atoms with Crippen LogP contribution in [0.5, 0.6) is 0 Å². The SMILES string of the molecule is CO[C@@H]1C(=O)N2[C@@H]1[C@H](C)C(=O)C2(C)C. The summed E-state index contributed by atoms with van der Waals surface area (Å²) in [5.74, 6) is -0.0248. The van der Waals surface area contributed by atoms with E-state index in [1.807, 2.05) is 6.92 Å². The van der Waals surface area contributed by atoms with Crippen molar-refractivity contribution in [3.63, 3.8) is 0 Å². The van der Waals surface area contributed by atoms with Gasteiger partial charge in [0.05, 0.1) is 11.6 Å². The van der Waals surface area contributed by atoms with Crippen LogP contribution in [0.4, 0.5) is 0 Å². The maximum atomic E-state index is 11.8. The third-order valence-corrected chi connectivity index (χ3v) is 3.47. The quantitative estimate of drug-likeness (QED) is 0.564. The van der Waals surface area contributed by atoms with Crippen LogP contribution in [0.25, 0.3) is 0 Å². The van der Waals surface area contributed by atoms with Crippen molar-refractivity contribution in [3.8, 4) is 0 Å². The summed E-state index contributed by atoms with van der Waals surface area (Å²) < 4.78 is 5.08. The molecule has 0 spiro atoms. The van der Waals surface area contributed by atoms with E-state index < -0.39 is 11.6 Å². The van der Waals surface area contributed by atoms with E-state index in [0.717, 1.165) is 0 Å². The molecule has 0 aliphatic carbocycles. The average molecular weight is 197 g/mol. The van der Waals surface area contributed by atoms with E-state index in [2.05, 4.69) is 0 Å². The molecule has 1 amide bonds. The summed E-state index contributed by atoms with van der Waals surface area (Å²) in [5, 5.41) is 0. The Morgan fingerprint density at radius 3 is 2.43 bits per heavy atom. The molecule has 0 radical (unpaired) electrons. The summed E-state index contributed by atoms with van der Waals surface area (Å²) >= 11 is 0. The van der Waals surface area contributed by atoms with Crippen LogP contribution in [-0.4, -0.2) is 41.4 Å². The van der Waals surface area contributed by atoms with Gasteiger partial charge in [0.2, 0.25) is 0 Å². The predicted octanol–water partition coefficient (Wildman–Crippen LogP) is 0.210. The van der Waals surface area contributed by atoms with E-state index in [0.29, 0.717) is 0 Å². The maximum Gasteiger partial charge on any atom is 0.255 e. The van der Waals surface area contributed by atoms with Crippen molar-refractivity contribution in [1.29, 1.82) is 0 Å². The molecule has 78 valence electrons. The van der Waals surface area contributed by atoms with E-state index >= 15 is 0 Å². The van der Waals surface area contributed by atoms with Crippen LogP contribution in [0.1, 0.15) is 20.8 Å². The number of nitrogens with zero attached hydrogens (tertiary/aromatic N) is 1. The fourth-order valence-electron chi connectivity index (χ4n) is 2.69. The van der Waals surface area contributed by atoms with Crippen molar-refractivity contribution in [2.24, 2.45) is 5.92 Å². The van der Waals surface area contributed by atoms with Crippen molar-refractivity contribution in [3.05, 3.63) is 0 Å². The lowest BCUT2D eigenvalue weighted by Crippen LogP contribution is -2.68. The highest BCUT2D eigenvalue weighted by atomic mass is 16.5. The van der Waals surface area contributed by atoms with Gasteiger partial charge in [0.15, 0.2) is 11.9 Å². The van der Waals surface area contributed by atoms with E-state index in [9.17, 15) is 9.59 Å². The molecule has 0 saturated carbocycles. The molecule has 2 heterocycles. The molecular formula is C10H15NO3. The second kappa shape index (κ2) is 2.57. The molecule has 4 nitrogen and oxygen atoms in total. The zero-order valence-electron chi connectivity index (χ0n) is 8.90. The Morgan fingerprint density at radius 1 is 1.36 bits per heavy atom. The van der Waals surface area contributed by atoms with Gasteiger partial charge in [-0.3, -0.25) is 9.59 Å². The number of methoxy groups -OCH3 is 1. The first kappa shape index (κ1) is 9.65. The molecule has 2 saturated heterocycles. The maximum absolute atomic E-state index is 11.8. The highest BCUT2D eigenvalue weighted by Crippen LogP contribution is 2.43. The Hall–Kier alpha value is -0.900. The Balaban J connectivity index is 2.35. The van der Waals surface area contributed by atoms with Gasteiger partial charge in [0.1, 0.15) is 0 Å². The summed E-state index contributed by atoms with van der Waals surface area (Å²) in [6, 6.07) is -0.0463. The molecule has 0 N–H and O–H groups in total. The summed E-state index contributed by atoms with van der Waals surface area (Å²) in [6.07, 6.45) is -0.407. The van der Waals surface area contributed by atoms with Crippen LogP contribution in [0.15, 0.2) is 0 Å². The smallest absolute Gasteiger partial charge is 0.255 e. The van der Waals surface area contributed by atoms with Crippen LogP contribution in [0, 0.1) is 5.92 Å². The lowest BCUT2D eigenvalue weighted by atomic mass is 9.90. The minimum Gasteiger partial charge on any atom is -0.369 e. The van der Waals surface area contributed by atoms with E-state index in [4.69, 9.17) is 4.74 Å². The number of carbonyl (C=O) groups is 2. The van der Waals surface area contributed by atoms with Crippen molar-refractivity contribution in [1.82, 2.24) is 4.90 Å². The van der Waals surface area contributed by atoms with Crippen molar-refractivity contribution in [2.75, 3.05) is 7.11 Å². The zero-order valence-corrected chi connectivity index (χ0v) is 8.90. The summed E-state index contributed by atoms with van der Waals surface area (Å²) in [7, 11) is 1.52. The summed E-state index contributed by atoms with van der Waals surface area (Å²) in [4.78, 5) is 25.1. The van der Waals surface area contributed by atoms with Gasteiger partial charge >= 0.3 is 0 Å². The lowest BCUT2D eigenvalue weighted by molar-refractivity contribution is -0.175. The fourth-order valence-corrected chi connectivity index (χ4v) is 2.69. The minimum atomic E-state index is -0.643. The van der Waals surface area contributed by atoms with Gasteiger partial charge in [0, 0.05) is 13.0 Å². The van der Waals surface area contributed by atoms with Crippen LogP contribution >= 0.6 is 0 Å². The first-order chi connectivity index (χ1) is 6.42. The first-order valence-electron chi connectivity index (χ1n) is 4.83. The van der Waals surface area contributed by atoms with Crippen molar-refractivity contribution < 1.29 is 14.3 Å². The van der Waals surface area contributed by atoms with E-state index in [1.54, 1.807) is 18.7 Å². The number of hydrogen-bond acceptors (Lipinski definition) is 3. The molecule has 0 unspecified atom stereocenters. The number of Topliss-reactive ketones (excluding diaryl/α,β-unsaturated/α-hetero) is 1. The molecule has 2 rings (SSSR count). The Morgan fingerprint density at radius 2 is 1.93 bits per heavy atom. The van der Waals surface area contributed by atoms with Crippen LogP contribution < -0.4 is 0 Å². The Labute approximate surface area is 83.2 Å². The molecular weight excluding hydrogens is 182 g/mol. The lowest BCUT2D eigenvalue weighted by Gasteiger charge is -2.47. The topological polar surface area (TPSA) is 46.6 Å². The van der Waals surface area contributed by atoms with E-state index in [1.165, 1.54) is 7.11 Å². The Bertz CT molecular complexity index is 310. The van der Waals surface area contributed by atoms with Gasteiger partial charge in [-0.15, -0.1) is 0 Å². The average Bonchev–Trinajstić information content (AvgIpc) is 2.25. The van der Waals surface area contributed by atoms with Gasteiger partial charge in [0.25, 0.3) is 5.91 Å². The van der Waals surface area contributed by atoms with E-state index in [-0.39, 0.29) is 23.7 Å². The predicted molar refractivity (Wildman–Crippen MR) is 49.7 cm³/mol. The second-order valence-electron chi connectivity index (χ2n) is 4.57. The molecule has 2 aliphatic heterocycles. The largest absolute Gasteiger partial charge is 0.369 e. The van der Waals surface area contributed by atoms with Crippen LogP contribution in [-0.2, 0) is 14.3 Å². The summed E-state index contributed by atoms with van der Waals surface area (Å²) in [5.41, 5.74) is -0.643. The van der Waals surface area contributed by atoms with Gasteiger partial charge in [-0.05, 0) is 13.8 Å². The third-order valence-electron chi connectivity index (χ3n) is 3.47. The molecule has 2 fully saturated rings. The monoisotopic (exact) mass is 197 g/mol. The van der Waals surface area contributed by atoms with Gasteiger partial charge in [-0.2, -0.15) is 0 Å². The molecule has 0 aromatic rings. The highest BCUT2D eigenvalue weighted by molar-refractivity contribution is 6.04. The number of carbonyl (C=O) groups excluding carboxylic acids is 2. The van der Waals surface area contributed by atoms with Crippen LogP contribution in [0.3, 0.4) is 0 Å².